The number of hydrogen-bond donors (Lipinski definition) is 1. The third kappa shape index (κ3) is 6.47. The fraction of sp³-hybridized carbons (Fsp3) is 0.391. The number of carbonyl (C=O) groups excluding carboxylic acids is 2. The van der Waals surface area contributed by atoms with Crippen molar-refractivity contribution in [2.45, 2.75) is 25.4 Å². The molecular weight excluding hydrogens is 409 g/mol. The standard InChI is InChI=1S/C23H25F3N2O3/c24-23(25,26)20-9-5-4-6-17(20)10-13-27-22(30)18-11-14-28(15-12-18)21(29)16-31-19-7-2-1-3-8-19/h1-9,18H,10-16H2,(H,27,30). The molecule has 5 nitrogen and oxygen atoms in total. The van der Waals surface area contributed by atoms with Crippen LogP contribution in [-0.2, 0) is 22.2 Å². The molecule has 0 aromatic heterocycles. The quantitative estimate of drug-likeness (QED) is 0.723. The van der Waals surface area contributed by atoms with E-state index in [1.807, 2.05) is 18.2 Å². The molecule has 0 atom stereocenters. The SMILES string of the molecule is O=C(NCCc1ccccc1C(F)(F)F)C1CCN(C(=O)COc2ccccc2)CC1. The largest absolute Gasteiger partial charge is 0.484 e. The Balaban J connectivity index is 1.40. The molecule has 1 fully saturated rings. The lowest BCUT2D eigenvalue weighted by atomic mass is 9.95. The van der Waals surface area contributed by atoms with Crippen LogP contribution in [0.4, 0.5) is 13.2 Å². The maximum absolute atomic E-state index is 13.0. The second-order valence-corrected chi connectivity index (χ2v) is 7.45. The number of carbonyl (C=O) groups is 2. The molecule has 0 saturated carbocycles. The zero-order valence-corrected chi connectivity index (χ0v) is 17.0. The monoisotopic (exact) mass is 434 g/mol. The molecule has 1 heterocycles. The van der Waals surface area contributed by atoms with Gasteiger partial charge in [-0.2, -0.15) is 13.2 Å². The average Bonchev–Trinajstić information content (AvgIpc) is 2.78. The van der Waals surface area contributed by atoms with Gasteiger partial charge in [0, 0.05) is 25.6 Å². The molecule has 2 amide bonds. The summed E-state index contributed by atoms with van der Waals surface area (Å²) in [6.07, 6.45) is -3.27. The third-order valence-electron chi connectivity index (χ3n) is 5.34. The molecule has 1 aliphatic rings. The van der Waals surface area contributed by atoms with Crippen LogP contribution in [0.15, 0.2) is 54.6 Å². The van der Waals surface area contributed by atoms with Crippen molar-refractivity contribution in [3.63, 3.8) is 0 Å². The maximum atomic E-state index is 13.0. The number of nitrogens with one attached hydrogen (secondary N) is 1. The van der Waals surface area contributed by atoms with Crippen molar-refractivity contribution >= 4 is 11.8 Å². The summed E-state index contributed by atoms with van der Waals surface area (Å²) in [7, 11) is 0. The van der Waals surface area contributed by atoms with E-state index in [2.05, 4.69) is 5.32 Å². The molecule has 1 saturated heterocycles. The summed E-state index contributed by atoms with van der Waals surface area (Å²) >= 11 is 0. The van der Waals surface area contributed by atoms with Gasteiger partial charge in [-0.3, -0.25) is 9.59 Å². The van der Waals surface area contributed by atoms with Crippen LogP contribution in [0, 0.1) is 5.92 Å². The van der Waals surface area contributed by atoms with Crippen LogP contribution in [0.3, 0.4) is 0 Å². The first-order valence-corrected chi connectivity index (χ1v) is 10.2. The van der Waals surface area contributed by atoms with Crippen LogP contribution in [0.5, 0.6) is 5.75 Å². The topological polar surface area (TPSA) is 58.6 Å². The summed E-state index contributed by atoms with van der Waals surface area (Å²) in [4.78, 5) is 26.4. The first-order chi connectivity index (χ1) is 14.8. The molecule has 8 heteroatoms. The lowest BCUT2D eigenvalue weighted by molar-refractivity contribution is -0.138. The Morgan fingerprint density at radius 2 is 1.65 bits per heavy atom. The van der Waals surface area contributed by atoms with Gasteiger partial charge < -0.3 is 15.0 Å². The summed E-state index contributed by atoms with van der Waals surface area (Å²) in [6.45, 7) is 0.980. The van der Waals surface area contributed by atoms with E-state index in [1.165, 1.54) is 12.1 Å². The summed E-state index contributed by atoms with van der Waals surface area (Å²) in [5.74, 6) is 0.0535. The van der Waals surface area contributed by atoms with Gasteiger partial charge >= 0.3 is 6.18 Å². The van der Waals surface area contributed by atoms with Crippen molar-refractivity contribution in [3.05, 3.63) is 65.7 Å². The van der Waals surface area contributed by atoms with E-state index in [0.717, 1.165) is 6.07 Å². The van der Waals surface area contributed by atoms with E-state index in [0.29, 0.717) is 31.7 Å². The van der Waals surface area contributed by atoms with E-state index < -0.39 is 11.7 Å². The maximum Gasteiger partial charge on any atom is 0.416 e. The van der Waals surface area contributed by atoms with Crippen molar-refractivity contribution in [1.82, 2.24) is 10.2 Å². The number of para-hydroxylation sites is 1. The van der Waals surface area contributed by atoms with Crippen molar-refractivity contribution in [3.8, 4) is 5.75 Å². The number of hydrogen-bond acceptors (Lipinski definition) is 3. The minimum atomic E-state index is -4.41. The number of ether oxygens (including phenoxy) is 1. The minimum Gasteiger partial charge on any atom is -0.484 e. The van der Waals surface area contributed by atoms with Gasteiger partial charge in [0.05, 0.1) is 5.56 Å². The number of likely N-dealkylation sites (tertiary alicyclic amines) is 1. The second-order valence-electron chi connectivity index (χ2n) is 7.45. The fourth-order valence-electron chi connectivity index (χ4n) is 3.62. The summed E-state index contributed by atoms with van der Waals surface area (Å²) < 4.78 is 44.6. The summed E-state index contributed by atoms with van der Waals surface area (Å²) in [5, 5.41) is 2.74. The second kappa shape index (κ2) is 10.3. The molecule has 3 rings (SSSR count). The molecular formula is C23H25F3N2O3. The average molecular weight is 434 g/mol. The van der Waals surface area contributed by atoms with Gasteiger partial charge in [0.1, 0.15) is 5.75 Å². The Hall–Kier alpha value is -3.03. The molecule has 0 aliphatic carbocycles. The third-order valence-corrected chi connectivity index (χ3v) is 5.34. The summed E-state index contributed by atoms with van der Waals surface area (Å²) in [5.41, 5.74) is -0.511. The predicted molar refractivity (Wildman–Crippen MR) is 109 cm³/mol. The zero-order chi connectivity index (χ0) is 22.3. The molecule has 166 valence electrons. The van der Waals surface area contributed by atoms with Crippen LogP contribution < -0.4 is 10.1 Å². The lowest BCUT2D eigenvalue weighted by Gasteiger charge is -2.31. The summed E-state index contributed by atoms with van der Waals surface area (Å²) in [6, 6.07) is 14.4. The number of nitrogens with zero attached hydrogens (tertiary/aromatic N) is 1. The van der Waals surface area contributed by atoms with Gasteiger partial charge in [-0.05, 0) is 43.0 Å². The van der Waals surface area contributed by atoms with Gasteiger partial charge in [0.25, 0.3) is 5.91 Å². The Bertz CT molecular complexity index is 879. The van der Waals surface area contributed by atoms with Crippen LogP contribution in [0.2, 0.25) is 0 Å². The van der Waals surface area contributed by atoms with Crippen LogP contribution in [-0.4, -0.2) is 43.0 Å². The highest BCUT2D eigenvalue weighted by Crippen LogP contribution is 2.32. The molecule has 1 N–H and O–H groups in total. The molecule has 2 aromatic carbocycles. The highest BCUT2D eigenvalue weighted by atomic mass is 19.4. The number of piperidine rings is 1. The van der Waals surface area contributed by atoms with Crippen LogP contribution in [0.1, 0.15) is 24.0 Å². The van der Waals surface area contributed by atoms with Crippen LogP contribution in [0.25, 0.3) is 0 Å². The number of benzene rings is 2. The smallest absolute Gasteiger partial charge is 0.416 e. The Kier molecular flexibility index (Phi) is 7.55. The van der Waals surface area contributed by atoms with E-state index >= 15 is 0 Å². The Labute approximate surface area is 179 Å². The minimum absolute atomic E-state index is 0.0561. The molecule has 0 bridgehead atoms. The first kappa shape index (κ1) is 22.7. The van der Waals surface area contributed by atoms with E-state index in [-0.39, 0.29) is 42.9 Å². The predicted octanol–water partition coefficient (Wildman–Crippen LogP) is 3.68. The zero-order valence-electron chi connectivity index (χ0n) is 17.0. The Morgan fingerprint density at radius 3 is 2.32 bits per heavy atom. The molecule has 31 heavy (non-hydrogen) atoms. The molecule has 1 aliphatic heterocycles. The first-order valence-electron chi connectivity index (χ1n) is 10.2. The number of amides is 2. The van der Waals surface area contributed by atoms with Gasteiger partial charge in [-0.15, -0.1) is 0 Å². The number of halogens is 3. The van der Waals surface area contributed by atoms with E-state index in [4.69, 9.17) is 4.74 Å². The Morgan fingerprint density at radius 1 is 1.00 bits per heavy atom. The highest BCUT2D eigenvalue weighted by molar-refractivity contribution is 5.80. The van der Waals surface area contributed by atoms with Crippen LogP contribution >= 0.6 is 0 Å². The highest BCUT2D eigenvalue weighted by Gasteiger charge is 2.33. The molecule has 2 aromatic rings. The van der Waals surface area contributed by atoms with Crippen molar-refractivity contribution < 1.29 is 27.5 Å². The van der Waals surface area contributed by atoms with Gasteiger partial charge in [-0.25, -0.2) is 0 Å². The van der Waals surface area contributed by atoms with Crippen molar-refractivity contribution in [2.24, 2.45) is 5.92 Å². The molecule has 0 unspecified atom stereocenters. The van der Waals surface area contributed by atoms with E-state index in [9.17, 15) is 22.8 Å². The number of alkyl halides is 3. The van der Waals surface area contributed by atoms with E-state index in [1.54, 1.807) is 23.1 Å². The fourth-order valence-corrected chi connectivity index (χ4v) is 3.62. The lowest BCUT2D eigenvalue weighted by Crippen LogP contribution is -2.44. The van der Waals surface area contributed by atoms with Gasteiger partial charge in [0.15, 0.2) is 6.61 Å². The number of rotatable bonds is 7. The van der Waals surface area contributed by atoms with Crippen molar-refractivity contribution in [2.75, 3.05) is 26.2 Å². The molecule has 0 radical (unpaired) electrons. The van der Waals surface area contributed by atoms with Gasteiger partial charge in [-0.1, -0.05) is 36.4 Å². The van der Waals surface area contributed by atoms with Gasteiger partial charge in [0.2, 0.25) is 5.91 Å². The normalized spacial score (nSPS) is 14.9. The molecule has 0 spiro atoms. The van der Waals surface area contributed by atoms with Crippen molar-refractivity contribution in [1.29, 1.82) is 0 Å².